The number of nitrogen functional groups attached to an aromatic ring is 1. The van der Waals surface area contributed by atoms with Crippen LogP contribution in [0.15, 0.2) is 61.2 Å². The molecule has 5 aromatic rings. The molecule has 5 heterocycles. The fourth-order valence-electron chi connectivity index (χ4n) is 4.55. The SMILES string of the molecule is Cn1cc(N(C(=O)c2ccc3nc(N)c4ccncc4c3c2)C2COc3nc(C(F)(F)F)ccc32)cn1. The maximum Gasteiger partial charge on any atom is 0.433 e. The molecule has 12 heteroatoms. The molecule has 0 radical (unpaired) electrons. The van der Waals surface area contributed by atoms with Gasteiger partial charge in [0.25, 0.3) is 5.91 Å². The van der Waals surface area contributed by atoms with Crippen molar-refractivity contribution in [1.29, 1.82) is 0 Å². The number of fused-ring (bicyclic) bond motifs is 4. The lowest BCUT2D eigenvalue weighted by molar-refractivity contribution is -0.141. The van der Waals surface area contributed by atoms with Crippen LogP contribution >= 0.6 is 0 Å². The third-order valence-electron chi connectivity index (χ3n) is 6.29. The number of nitrogens with two attached hydrogens (primary N) is 1. The van der Waals surface area contributed by atoms with E-state index in [2.05, 4.69) is 20.1 Å². The number of amides is 1. The molecule has 2 N–H and O–H groups in total. The largest absolute Gasteiger partial charge is 0.475 e. The van der Waals surface area contributed by atoms with Crippen molar-refractivity contribution in [2.75, 3.05) is 17.2 Å². The van der Waals surface area contributed by atoms with Crippen LogP contribution in [0.3, 0.4) is 0 Å². The zero-order chi connectivity index (χ0) is 25.9. The van der Waals surface area contributed by atoms with E-state index in [0.717, 1.165) is 11.5 Å². The first-order chi connectivity index (χ1) is 17.7. The number of aryl methyl sites for hydroxylation is 1. The van der Waals surface area contributed by atoms with Gasteiger partial charge >= 0.3 is 6.18 Å². The number of rotatable bonds is 3. The van der Waals surface area contributed by atoms with Gasteiger partial charge in [0.1, 0.15) is 24.2 Å². The molecule has 0 spiro atoms. The van der Waals surface area contributed by atoms with E-state index in [4.69, 9.17) is 10.5 Å². The van der Waals surface area contributed by atoms with Crippen LogP contribution in [-0.4, -0.2) is 37.2 Å². The zero-order valence-corrected chi connectivity index (χ0v) is 19.3. The molecule has 0 aliphatic carbocycles. The minimum absolute atomic E-state index is 0.0667. The number of pyridine rings is 3. The van der Waals surface area contributed by atoms with Gasteiger partial charge in [0.15, 0.2) is 0 Å². The van der Waals surface area contributed by atoms with E-state index in [-0.39, 0.29) is 12.5 Å². The molecule has 1 unspecified atom stereocenters. The Bertz CT molecular complexity index is 1700. The molecule has 1 amide bonds. The predicted molar refractivity (Wildman–Crippen MR) is 129 cm³/mol. The molecule has 0 saturated heterocycles. The lowest BCUT2D eigenvalue weighted by atomic mass is 10.0. The lowest BCUT2D eigenvalue weighted by Gasteiger charge is -2.27. The average Bonchev–Trinajstić information content (AvgIpc) is 3.50. The van der Waals surface area contributed by atoms with E-state index in [1.807, 2.05) is 0 Å². The summed E-state index contributed by atoms with van der Waals surface area (Å²) in [5, 5.41) is 6.31. The molecule has 186 valence electrons. The molecule has 1 atom stereocenters. The van der Waals surface area contributed by atoms with Crippen LogP contribution < -0.4 is 15.4 Å². The van der Waals surface area contributed by atoms with Gasteiger partial charge in [-0.1, -0.05) is 0 Å². The minimum Gasteiger partial charge on any atom is -0.475 e. The first-order valence-corrected chi connectivity index (χ1v) is 11.2. The van der Waals surface area contributed by atoms with E-state index in [1.165, 1.54) is 21.8 Å². The molecule has 6 rings (SSSR count). The Hall–Kier alpha value is -4.74. The number of carbonyl (C=O) groups excluding carboxylic acids is 1. The number of ether oxygens (including phenoxy) is 1. The highest BCUT2D eigenvalue weighted by atomic mass is 19.4. The summed E-state index contributed by atoms with van der Waals surface area (Å²) < 4.78 is 46.6. The Kier molecular flexibility index (Phi) is 5.00. The van der Waals surface area contributed by atoms with Crippen molar-refractivity contribution in [2.45, 2.75) is 12.2 Å². The van der Waals surface area contributed by atoms with Gasteiger partial charge in [0, 0.05) is 52.9 Å². The Morgan fingerprint density at radius 3 is 2.70 bits per heavy atom. The summed E-state index contributed by atoms with van der Waals surface area (Å²) in [5.41, 5.74) is 6.79. The fourth-order valence-corrected chi connectivity index (χ4v) is 4.55. The fraction of sp³-hybridized carbons (Fsp3) is 0.160. The van der Waals surface area contributed by atoms with Crippen LogP contribution in [0.4, 0.5) is 24.7 Å². The van der Waals surface area contributed by atoms with E-state index in [1.54, 1.807) is 49.9 Å². The van der Waals surface area contributed by atoms with Gasteiger partial charge in [-0.3, -0.25) is 19.4 Å². The van der Waals surface area contributed by atoms with Crippen LogP contribution in [0.2, 0.25) is 0 Å². The number of halogens is 3. The van der Waals surface area contributed by atoms with E-state index >= 15 is 0 Å². The molecular weight excluding hydrogens is 487 g/mol. The highest BCUT2D eigenvalue weighted by Gasteiger charge is 2.39. The van der Waals surface area contributed by atoms with Gasteiger partial charge in [-0.25, -0.2) is 9.97 Å². The molecule has 37 heavy (non-hydrogen) atoms. The van der Waals surface area contributed by atoms with Gasteiger partial charge in [0.05, 0.1) is 17.4 Å². The van der Waals surface area contributed by atoms with Crippen LogP contribution in [-0.2, 0) is 13.2 Å². The second kappa shape index (κ2) is 8.15. The standard InChI is InChI=1S/C25H18F3N7O2/c1-34-11-14(9-31-34)35(20-12-37-23-16(20)3-5-21(33-23)25(26,27)28)24(36)13-2-4-19-17(8-13)18-10-30-7-6-15(18)22(29)32-19/h2-11,20H,12H2,1H3,(H2,29,32). The molecule has 1 aromatic carbocycles. The predicted octanol–water partition coefficient (Wildman–Crippen LogP) is 4.29. The maximum absolute atomic E-state index is 14.0. The van der Waals surface area contributed by atoms with Crippen molar-refractivity contribution in [3.63, 3.8) is 0 Å². The Morgan fingerprint density at radius 1 is 1.11 bits per heavy atom. The molecule has 0 bridgehead atoms. The van der Waals surface area contributed by atoms with E-state index < -0.39 is 23.8 Å². The topological polar surface area (TPSA) is 112 Å². The number of nitrogens with zero attached hydrogens (tertiary/aromatic N) is 6. The van der Waals surface area contributed by atoms with Crippen molar-refractivity contribution in [3.8, 4) is 5.88 Å². The molecule has 0 saturated carbocycles. The van der Waals surface area contributed by atoms with Gasteiger partial charge in [-0.15, -0.1) is 0 Å². The molecule has 1 aliphatic heterocycles. The van der Waals surface area contributed by atoms with Gasteiger partial charge in [-0.2, -0.15) is 18.3 Å². The summed E-state index contributed by atoms with van der Waals surface area (Å²) in [6.07, 6.45) is 1.82. The molecule has 9 nitrogen and oxygen atoms in total. The smallest absolute Gasteiger partial charge is 0.433 e. The normalized spacial score (nSPS) is 15.1. The second-order valence-electron chi connectivity index (χ2n) is 8.61. The maximum atomic E-state index is 14.0. The van der Waals surface area contributed by atoms with Crippen molar-refractivity contribution < 1.29 is 22.7 Å². The van der Waals surface area contributed by atoms with Crippen LogP contribution in [0.5, 0.6) is 5.88 Å². The summed E-state index contributed by atoms with van der Waals surface area (Å²) in [5.74, 6) is -0.201. The Morgan fingerprint density at radius 2 is 1.95 bits per heavy atom. The number of anilines is 2. The quantitative estimate of drug-likeness (QED) is 0.364. The first kappa shape index (κ1) is 22.7. The summed E-state index contributed by atoms with van der Waals surface area (Å²) in [6.45, 7) is -0.0667. The second-order valence-corrected chi connectivity index (χ2v) is 8.61. The summed E-state index contributed by atoms with van der Waals surface area (Å²) in [6, 6.07) is 8.25. The van der Waals surface area contributed by atoms with Gasteiger partial charge in [0.2, 0.25) is 5.88 Å². The van der Waals surface area contributed by atoms with Crippen LogP contribution in [0.25, 0.3) is 21.7 Å². The first-order valence-electron chi connectivity index (χ1n) is 11.2. The number of carbonyl (C=O) groups is 1. The third kappa shape index (κ3) is 3.77. The lowest BCUT2D eigenvalue weighted by Crippen LogP contribution is -2.35. The zero-order valence-electron chi connectivity index (χ0n) is 19.3. The number of alkyl halides is 3. The highest BCUT2D eigenvalue weighted by Crippen LogP contribution is 2.40. The monoisotopic (exact) mass is 505 g/mol. The Balaban J connectivity index is 1.47. The average molecular weight is 505 g/mol. The van der Waals surface area contributed by atoms with E-state index in [9.17, 15) is 18.0 Å². The Labute approximate surface area is 207 Å². The van der Waals surface area contributed by atoms with Crippen molar-refractivity contribution >= 4 is 39.1 Å². The molecule has 4 aromatic heterocycles. The summed E-state index contributed by atoms with van der Waals surface area (Å²) in [7, 11) is 1.70. The van der Waals surface area contributed by atoms with Crippen LogP contribution in [0, 0.1) is 0 Å². The number of aromatic nitrogens is 5. The molecule has 1 aliphatic rings. The van der Waals surface area contributed by atoms with Crippen LogP contribution in [0.1, 0.15) is 27.7 Å². The van der Waals surface area contributed by atoms with Gasteiger partial charge in [-0.05, 0) is 36.4 Å². The number of benzene rings is 1. The summed E-state index contributed by atoms with van der Waals surface area (Å²) in [4.78, 5) is 27.7. The summed E-state index contributed by atoms with van der Waals surface area (Å²) >= 11 is 0. The van der Waals surface area contributed by atoms with Crippen molar-refractivity contribution in [1.82, 2.24) is 24.7 Å². The molecule has 0 fully saturated rings. The van der Waals surface area contributed by atoms with E-state index in [0.29, 0.717) is 38.9 Å². The van der Waals surface area contributed by atoms with Crippen molar-refractivity contribution in [2.24, 2.45) is 7.05 Å². The third-order valence-corrected chi connectivity index (χ3v) is 6.29. The number of hydrogen-bond donors (Lipinski definition) is 1. The minimum atomic E-state index is -4.62. The van der Waals surface area contributed by atoms with Gasteiger partial charge < -0.3 is 10.5 Å². The molecular formula is C25H18F3N7O2. The number of hydrogen-bond acceptors (Lipinski definition) is 7. The van der Waals surface area contributed by atoms with Crippen molar-refractivity contribution in [3.05, 3.63) is 78.0 Å². The highest BCUT2D eigenvalue weighted by molar-refractivity contribution is 6.13.